The Morgan fingerprint density at radius 1 is 1.37 bits per heavy atom. The van der Waals surface area contributed by atoms with Crippen LogP contribution in [0.3, 0.4) is 0 Å². The fourth-order valence-corrected chi connectivity index (χ4v) is 3.06. The van der Waals surface area contributed by atoms with Gasteiger partial charge in [-0.3, -0.25) is 9.89 Å². The summed E-state index contributed by atoms with van der Waals surface area (Å²) in [5, 5.41) is 6.27. The summed E-state index contributed by atoms with van der Waals surface area (Å²) in [4.78, 5) is 6.58. The summed E-state index contributed by atoms with van der Waals surface area (Å²) in [6.45, 7) is 9.84. The molecule has 1 saturated heterocycles. The highest BCUT2D eigenvalue weighted by molar-refractivity contribution is 7.91. The van der Waals surface area contributed by atoms with Gasteiger partial charge in [0.1, 0.15) is 0 Å². The molecule has 19 heavy (non-hydrogen) atoms. The topological polar surface area (TPSA) is 73.8 Å². The first-order chi connectivity index (χ1) is 9.07. The number of sulfone groups is 1. The van der Waals surface area contributed by atoms with Gasteiger partial charge in [-0.05, 0) is 6.92 Å². The Bertz CT molecular complexity index is 392. The number of guanidine groups is 1. The summed E-state index contributed by atoms with van der Waals surface area (Å²) >= 11 is 0. The molecule has 0 atom stereocenters. The number of nitrogens with zero attached hydrogens (tertiary/aromatic N) is 2. The van der Waals surface area contributed by atoms with Crippen LogP contribution in [0.2, 0.25) is 0 Å². The maximum atomic E-state index is 11.3. The van der Waals surface area contributed by atoms with Crippen LogP contribution >= 0.6 is 0 Å². The highest BCUT2D eigenvalue weighted by atomic mass is 32.2. The quantitative estimate of drug-likeness (QED) is 0.390. The van der Waals surface area contributed by atoms with E-state index in [1.807, 2.05) is 6.92 Å². The van der Waals surface area contributed by atoms with E-state index >= 15 is 0 Å². The minimum atomic E-state index is -2.79. The Hall–Kier alpha value is -1.08. The predicted octanol–water partition coefficient (Wildman–Crippen LogP) is -0.542. The van der Waals surface area contributed by atoms with Crippen molar-refractivity contribution in [2.24, 2.45) is 4.99 Å². The van der Waals surface area contributed by atoms with Gasteiger partial charge in [0, 0.05) is 32.7 Å². The molecule has 1 heterocycles. The van der Waals surface area contributed by atoms with Crippen molar-refractivity contribution in [2.45, 2.75) is 6.92 Å². The smallest absolute Gasteiger partial charge is 0.191 e. The summed E-state index contributed by atoms with van der Waals surface area (Å²) in [5.74, 6) is 1.31. The second kappa shape index (κ2) is 8.16. The number of aliphatic imine (C=N–C) groups is 1. The van der Waals surface area contributed by atoms with Gasteiger partial charge in [-0.25, -0.2) is 8.42 Å². The lowest BCUT2D eigenvalue weighted by molar-refractivity contribution is 0.304. The van der Waals surface area contributed by atoms with Gasteiger partial charge in [0.2, 0.25) is 0 Å². The van der Waals surface area contributed by atoms with Gasteiger partial charge in [0.25, 0.3) is 0 Å². The van der Waals surface area contributed by atoms with E-state index in [1.54, 1.807) is 6.08 Å². The second-order valence-electron chi connectivity index (χ2n) is 4.42. The van der Waals surface area contributed by atoms with Gasteiger partial charge in [0.05, 0.1) is 18.1 Å². The van der Waals surface area contributed by atoms with Crippen LogP contribution in [-0.2, 0) is 9.84 Å². The third-order valence-corrected chi connectivity index (χ3v) is 4.49. The Morgan fingerprint density at radius 3 is 2.63 bits per heavy atom. The Morgan fingerprint density at radius 2 is 2.05 bits per heavy atom. The zero-order valence-electron chi connectivity index (χ0n) is 11.6. The molecular formula is C12H24N4O2S. The van der Waals surface area contributed by atoms with Crippen LogP contribution in [0.15, 0.2) is 17.6 Å². The molecule has 6 nitrogen and oxygen atoms in total. The molecule has 1 aliphatic rings. The van der Waals surface area contributed by atoms with E-state index in [4.69, 9.17) is 0 Å². The molecule has 110 valence electrons. The lowest BCUT2D eigenvalue weighted by Gasteiger charge is -2.25. The van der Waals surface area contributed by atoms with E-state index in [0.29, 0.717) is 26.2 Å². The van der Waals surface area contributed by atoms with Crippen molar-refractivity contribution in [2.75, 3.05) is 50.8 Å². The minimum Gasteiger partial charge on any atom is -0.357 e. The first-order valence-corrected chi connectivity index (χ1v) is 8.45. The lowest BCUT2D eigenvalue weighted by Crippen LogP contribution is -2.42. The van der Waals surface area contributed by atoms with E-state index < -0.39 is 9.84 Å². The number of rotatable bonds is 6. The van der Waals surface area contributed by atoms with Crippen LogP contribution < -0.4 is 10.6 Å². The van der Waals surface area contributed by atoms with Crippen molar-refractivity contribution in [3.63, 3.8) is 0 Å². The SMILES string of the molecule is C=CCNC(=NCCN1CCS(=O)(=O)CC1)NCC. The molecule has 0 saturated carbocycles. The third-order valence-electron chi connectivity index (χ3n) is 2.88. The Kier molecular flexibility index (Phi) is 6.86. The van der Waals surface area contributed by atoms with Crippen molar-refractivity contribution >= 4 is 15.8 Å². The van der Waals surface area contributed by atoms with E-state index in [0.717, 1.165) is 19.0 Å². The van der Waals surface area contributed by atoms with Crippen LogP contribution in [-0.4, -0.2) is 70.1 Å². The molecule has 0 amide bonds. The van der Waals surface area contributed by atoms with Gasteiger partial charge < -0.3 is 10.6 Å². The van der Waals surface area contributed by atoms with Crippen molar-refractivity contribution in [1.29, 1.82) is 0 Å². The summed E-state index contributed by atoms with van der Waals surface area (Å²) in [6.07, 6.45) is 1.78. The fourth-order valence-electron chi connectivity index (χ4n) is 1.79. The molecule has 0 unspecified atom stereocenters. The molecular weight excluding hydrogens is 264 g/mol. The average molecular weight is 288 g/mol. The molecule has 0 aromatic heterocycles. The molecule has 1 fully saturated rings. The number of nitrogens with one attached hydrogen (secondary N) is 2. The van der Waals surface area contributed by atoms with E-state index in [2.05, 4.69) is 27.1 Å². The van der Waals surface area contributed by atoms with Crippen LogP contribution in [0.1, 0.15) is 6.92 Å². The third kappa shape index (κ3) is 6.58. The first kappa shape index (κ1) is 16.0. The molecule has 0 bridgehead atoms. The van der Waals surface area contributed by atoms with Crippen LogP contribution in [0.25, 0.3) is 0 Å². The number of hydrogen-bond donors (Lipinski definition) is 2. The molecule has 7 heteroatoms. The average Bonchev–Trinajstić information content (AvgIpc) is 2.38. The molecule has 0 radical (unpaired) electrons. The molecule has 0 aliphatic carbocycles. The lowest BCUT2D eigenvalue weighted by atomic mass is 10.4. The maximum Gasteiger partial charge on any atom is 0.191 e. The summed E-state index contributed by atoms with van der Waals surface area (Å²) in [6, 6.07) is 0. The zero-order valence-corrected chi connectivity index (χ0v) is 12.4. The van der Waals surface area contributed by atoms with Crippen LogP contribution in [0.5, 0.6) is 0 Å². The second-order valence-corrected chi connectivity index (χ2v) is 6.73. The fraction of sp³-hybridized carbons (Fsp3) is 0.750. The monoisotopic (exact) mass is 288 g/mol. The van der Waals surface area contributed by atoms with Crippen LogP contribution in [0.4, 0.5) is 0 Å². The number of hydrogen-bond acceptors (Lipinski definition) is 4. The van der Waals surface area contributed by atoms with E-state index in [1.165, 1.54) is 0 Å². The maximum absolute atomic E-state index is 11.3. The molecule has 0 aromatic rings. The molecule has 0 spiro atoms. The van der Waals surface area contributed by atoms with Gasteiger partial charge in [-0.2, -0.15) is 0 Å². The highest BCUT2D eigenvalue weighted by Gasteiger charge is 2.20. The first-order valence-electron chi connectivity index (χ1n) is 6.63. The summed E-state index contributed by atoms with van der Waals surface area (Å²) in [5.41, 5.74) is 0. The van der Waals surface area contributed by atoms with E-state index in [9.17, 15) is 8.42 Å². The van der Waals surface area contributed by atoms with Crippen LogP contribution in [0, 0.1) is 0 Å². The molecule has 1 rings (SSSR count). The Labute approximate surface area is 115 Å². The van der Waals surface area contributed by atoms with Crippen molar-refractivity contribution in [3.8, 4) is 0 Å². The predicted molar refractivity (Wildman–Crippen MR) is 79.3 cm³/mol. The van der Waals surface area contributed by atoms with Gasteiger partial charge in [0.15, 0.2) is 15.8 Å². The van der Waals surface area contributed by atoms with Crippen molar-refractivity contribution in [1.82, 2.24) is 15.5 Å². The van der Waals surface area contributed by atoms with Gasteiger partial charge >= 0.3 is 0 Å². The molecule has 0 aromatic carbocycles. The highest BCUT2D eigenvalue weighted by Crippen LogP contribution is 2.02. The summed E-state index contributed by atoms with van der Waals surface area (Å²) < 4.78 is 22.6. The standard InChI is InChI=1S/C12H24N4O2S/c1-3-5-14-12(13-4-2)15-6-7-16-8-10-19(17,18)11-9-16/h3H,1,4-11H2,2H3,(H2,13,14,15). The Balaban J connectivity index is 2.32. The largest absolute Gasteiger partial charge is 0.357 e. The van der Waals surface area contributed by atoms with E-state index in [-0.39, 0.29) is 11.5 Å². The molecule has 1 aliphatic heterocycles. The van der Waals surface area contributed by atoms with Gasteiger partial charge in [-0.15, -0.1) is 6.58 Å². The normalized spacial score (nSPS) is 19.9. The zero-order chi connectivity index (χ0) is 14.1. The van der Waals surface area contributed by atoms with Crippen molar-refractivity contribution in [3.05, 3.63) is 12.7 Å². The summed E-state index contributed by atoms with van der Waals surface area (Å²) in [7, 11) is -2.79. The minimum absolute atomic E-state index is 0.269. The molecule has 2 N–H and O–H groups in total. The van der Waals surface area contributed by atoms with Gasteiger partial charge in [-0.1, -0.05) is 6.08 Å². The van der Waals surface area contributed by atoms with Crippen molar-refractivity contribution < 1.29 is 8.42 Å².